The van der Waals surface area contributed by atoms with Crippen LogP contribution in [0.2, 0.25) is 0 Å². The normalized spacial score (nSPS) is 12.9. The van der Waals surface area contributed by atoms with Gasteiger partial charge in [-0.1, -0.05) is 0 Å². The predicted molar refractivity (Wildman–Crippen MR) is 97.5 cm³/mol. The summed E-state index contributed by atoms with van der Waals surface area (Å²) in [6.45, 7) is 2.46. The van der Waals surface area contributed by atoms with Crippen molar-refractivity contribution in [2.24, 2.45) is 0 Å². The molecule has 1 aliphatic rings. The number of ether oxygens (including phenoxy) is 3. The molecule has 7 nitrogen and oxygen atoms in total. The monoisotopic (exact) mass is 356 g/mol. The van der Waals surface area contributed by atoms with Crippen molar-refractivity contribution >= 4 is 23.2 Å². The van der Waals surface area contributed by atoms with Crippen molar-refractivity contribution < 1.29 is 23.8 Å². The van der Waals surface area contributed by atoms with Crippen molar-refractivity contribution in [3.63, 3.8) is 0 Å². The van der Waals surface area contributed by atoms with Crippen molar-refractivity contribution in [1.29, 1.82) is 0 Å². The first-order valence-corrected chi connectivity index (χ1v) is 8.18. The van der Waals surface area contributed by atoms with E-state index in [9.17, 15) is 9.59 Å². The number of anilines is 2. The second-order valence-corrected chi connectivity index (χ2v) is 5.63. The highest BCUT2D eigenvalue weighted by Crippen LogP contribution is 2.34. The summed E-state index contributed by atoms with van der Waals surface area (Å²) in [4.78, 5) is 26.0. The summed E-state index contributed by atoms with van der Waals surface area (Å²) in [6, 6.07) is 10.2. The predicted octanol–water partition coefficient (Wildman–Crippen LogP) is 2.70. The van der Waals surface area contributed by atoms with Crippen molar-refractivity contribution in [3.8, 4) is 17.2 Å². The van der Waals surface area contributed by atoms with E-state index in [1.165, 1.54) is 14.2 Å². The number of nitrogens with one attached hydrogen (secondary N) is 1. The van der Waals surface area contributed by atoms with E-state index < -0.39 is 0 Å². The van der Waals surface area contributed by atoms with Crippen molar-refractivity contribution in [2.75, 3.05) is 37.6 Å². The molecular weight excluding hydrogens is 336 g/mol. The van der Waals surface area contributed by atoms with Crippen LogP contribution < -0.4 is 24.4 Å². The lowest BCUT2D eigenvalue weighted by Crippen LogP contribution is -2.38. The van der Waals surface area contributed by atoms with Gasteiger partial charge in [-0.3, -0.25) is 9.59 Å². The standard InChI is InChI=1S/C19H20N2O5/c1-4-21-14-7-6-13(10-16(14)26-11-18(21)22)20-19(23)12-5-8-15(24-2)17(9-12)25-3/h5-10H,4,11H2,1-3H3,(H,20,23). The first-order valence-electron chi connectivity index (χ1n) is 8.18. The van der Waals surface area contributed by atoms with Crippen LogP contribution in [0.15, 0.2) is 36.4 Å². The maximum atomic E-state index is 12.5. The van der Waals surface area contributed by atoms with Gasteiger partial charge in [-0.25, -0.2) is 0 Å². The maximum absolute atomic E-state index is 12.5. The fourth-order valence-corrected chi connectivity index (χ4v) is 2.81. The van der Waals surface area contributed by atoms with Crippen LogP contribution in [-0.4, -0.2) is 39.2 Å². The van der Waals surface area contributed by atoms with Gasteiger partial charge in [-0.15, -0.1) is 0 Å². The van der Waals surface area contributed by atoms with Gasteiger partial charge in [-0.05, 0) is 37.3 Å². The molecule has 7 heteroatoms. The topological polar surface area (TPSA) is 77.1 Å². The number of amides is 2. The number of methoxy groups -OCH3 is 2. The third-order valence-corrected chi connectivity index (χ3v) is 4.12. The van der Waals surface area contributed by atoms with E-state index in [2.05, 4.69) is 5.32 Å². The Morgan fingerprint density at radius 2 is 1.92 bits per heavy atom. The Hall–Kier alpha value is -3.22. The lowest BCUT2D eigenvalue weighted by atomic mass is 10.1. The van der Waals surface area contributed by atoms with E-state index in [4.69, 9.17) is 14.2 Å². The Kier molecular flexibility index (Phi) is 4.97. The zero-order chi connectivity index (χ0) is 18.7. The number of benzene rings is 2. The molecule has 136 valence electrons. The highest BCUT2D eigenvalue weighted by molar-refractivity contribution is 6.05. The number of likely N-dealkylation sites (N-methyl/N-ethyl adjacent to an activating group) is 1. The number of nitrogens with zero attached hydrogens (tertiary/aromatic N) is 1. The molecule has 0 unspecified atom stereocenters. The molecule has 0 saturated heterocycles. The van der Waals surface area contributed by atoms with Gasteiger partial charge < -0.3 is 24.4 Å². The highest BCUT2D eigenvalue weighted by Gasteiger charge is 2.24. The Bertz CT molecular complexity index is 850. The molecular formula is C19H20N2O5. The summed E-state index contributed by atoms with van der Waals surface area (Å²) in [6.07, 6.45) is 0. The van der Waals surface area contributed by atoms with E-state index in [0.717, 1.165) is 0 Å². The van der Waals surface area contributed by atoms with Crippen LogP contribution in [0.3, 0.4) is 0 Å². The summed E-state index contributed by atoms with van der Waals surface area (Å²) in [5.41, 5.74) is 1.72. The SMILES string of the molecule is CCN1C(=O)COc2cc(NC(=O)c3ccc(OC)c(OC)c3)ccc21. The molecule has 0 aliphatic carbocycles. The second kappa shape index (κ2) is 7.35. The van der Waals surface area contributed by atoms with Crippen LogP contribution in [0.25, 0.3) is 0 Å². The molecule has 2 amide bonds. The maximum Gasteiger partial charge on any atom is 0.265 e. The number of hydrogen-bond acceptors (Lipinski definition) is 5. The minimum Gasteiger partial charge on any atom is -0.493 e. The van der Waals surface area contributed by atoms with Crippen LogP contribution in [0.4, 0.5) is 11.4 Å². The number of carbonyl (C=O) groups excluding carboxylic acids is 2. The van der Waals surface area contributed by atoms with Crippen molar-refractivity contribution in [2.45, 2.75) is 6.92 Å². The largest absolute Gasteiger partial charge is 0.493 e. The molecule has 0 spiro atoms. The molecule has 0 atom stereocenters. The first-order chi connectivity index (χ1) is 12.6. The highest BCUT2D eigenvalue weighted by atomic mass is 16.5. The lowest BCUT2D eigenvalue weighted by Gasteiger charge is -2.28. The molecule has 1 heterocycles. The van der Waals surface area contributed by atoms with E-state index in [0.29, 0.717) is 40.7 Å². The van der Waals surface area contributed by atoms with Gasteiger partial charge >= 0.3 is 0 Å². The summed E-state index contributed by atoms with van der Waals surface area (Å²) in [5, 5.41) is 2.82. The molecule has 0 saturated carbocycles. The van der Waals surface area contributed by atoms with E-state index in [1.54, 1.807) is 41.3 Å². The van der Waals surface area contributed by atoms with Gasteiger partial charge in [0.25, 0.3) is 11.8 Å². The Labute approximate surface area is 151 Å². The smallest absolute Gasteiger partial charge is 0.265 e. The summed E-state index contributed by atoms with van der Waals surface area (Å²) < 4.78 is 15.9. The van der Waals surface area contributed by atoms with Crippen LogP contribution >= 0.6 is 0 Å². The van der Waals surface area contributed by atoms with Gasteiger partial charge in [0.15, 0.2) is 18.1 Å². The molecule has 0 bridgehead atoms. The van der Waals surface area contributed by atoms with Crippen LogP contribution in [0, 0.1) is 0 Å². The summed E-state index contributed by atoms with van der Waals surface area (Å²) >= 11 is 0. The number of hydrogen-bond donors (Lipinski definition) is 1. The molecule has 0 fully saturated rings. The quantitative estimate of drug-likeness (QED) is 0.891. The van der Waals surface area contributed by atoms with Crippen LogP contribution in [-0.2, 0) is 4.79 Å². The van der Waals surface area contributed by atoms with Crippen molar-refractivity contribution in [1.82, 2.24) is 0 Å². The number of carbonyl (C=O) groups is 2. The lowest BCUT2D eigenvalue weighted by molar-refractivity contribution is -0.121. The fourth-order valence-electron chi connectivity index (χ4n) is 2.81. The Morgan fingerprint density at radius 3 is 2.62 bits per heavy atom. The summed E-state index contributed by atoms with van der Waals surface area (Å²) in [5.74, 6) is 1.23. The van der Waals surface area contributed by atoms with Crippen LogP contribution in [0.1, 0.15) is 17.3 Å². The van der Waals surface area contributed by atoms with Gasteiger partial charge in [0.1, 0.15) is 5.75 Å². The van der Waals surface area contributed by atoms with Gasteiger partial charge in [0.05, 0.1) is 19.9 Å². The molecule has 1 N–H and O–H groups in total. The van der Waals surface area contributed by atoms with E-state index >= 15 is 0 Å². The molecule has 2 aromatic carbocycles. The van der Waals surface area contributed by atoms with Crippen LogP contribution in [0.5, 0.6) is 17.2 Å². The zero-order valence-electron chi connectivity index (χ0n) is 14.9. The van der Waals surface area contributed by atoms with Crippen molar-refractivity contribution in [3.05, 3.63) is 42.0 Å². The Balaban J connectivity index is 1.81. The average Bonchev–Trinajstić information content (AvgIpc) is 2.67. The molecule has 2 aromatic rings. The van der Waals surface area contributed by atoms with Gasteiger partial charge in [0, 0.05) is 23.9 Å². The van der Waals surface area contributed by atoms with E-state index in [-0.39, 0.29) is 18.4 Å². The van der Waals surface area contributed by atoms with E-state index in [1.807, 2.05) is 6.92 Å². The average molecular weight is 356 g/mol. The zero-order valence-corrected chi connectivity index (χ0v) is 14.9. The minimum atomic E-state index is -0.287. The Morgan fingerprint density at radius 1 is 1.15 bits per heavy atom. The molecule has 3 rings (SSSR count). The van der Waals surface area contributed by atoms with Gasteiger partial charge in [-0.2, -0.15) is 0 Å². The number of fused-ring (bicyclic) bond motifs is 1. The summed E-state index contributed by atoms with van der Waals surface area (Å²) in [7, 11) is 3.05. The van der Waals surface area contributed by atoms with Gasteiger partial charge in [0.2, 0.25) is 0 Å². The second-order valence-electron chi connectivity index (χ2n) is 5.63. The molecule has 26 heavy (non-hydrogen) atoms. The minimum absolute atomic E-state index is 0.00603. The fraction of sp³-hybridized carbons (Fsp3) is 0.263. The number of rotatable bonds is 5. The third-order valence-electron chi connectivity index (χ3n) is 4.12. The first kappa shape index (κ1) is 17.6. The third kappa shape index (κ3) is 3.28. The molecule has 1 aliphatic heterocycles. The molecule has 0 radical (unpaired) electrons. The molecule has 0 aromatic heterocycles.